The third-order valence-electron chi connectivity index (χ3n) is 2.93. The summed E-state index contributed by atoms with van der Waals surface area (Å²) in [6, 6.07) is 0. The van der Waals surface area contributed by atoms with Crippen LogP contribution in [0.2, 0.25) is 0 Å². The lowest BCUT2D eigenvalue weighted by molar-refractivity contribution is 0.0197. The quantitative estimate of drug-likeness (QED) is 0.623. The fourth-order valence-electron chi connectivity index (χ4n) is 1.81. The molecule has 0 bridgehead atoms. The highest BCUT2D eigenvalue weighted by molar-refractivity contribution is 4.68. The molecule has 96 valence electrons. The number of ether oxygens (including phenoxy) is 2. The molecule has 1 heterocycles. The minimum absolute atomic E-state index is 0.474. The van der Waals surface area contributed by atoms with Crippen molar-refractivity contribution < 1.29 is 9.47 Å². The van der Waals surface area contributed by atoms with Gasteiger partial charge in [0.25, 0.3) is 0 Å². The topological polar surface area (TPSA) is 33.7 Å². The monoisotopic (exact) mass is 230 g/mol. The van der Waals surface area contributed by atoms with Crippen LogP contribution in [0.25, 0.3) is 0 Å². The van der Waals surface area contributed by atoms with Crippen LogP contribution in [-0.2, 0) is 9.47 Å². The van der Waals surface area contributed by atoms with Crippen LogP contribution in [0.4, 0.5) is 0 Å². The molecule has 1 saturated heterocycles. The maximum atomic E-state index is 5.84. The van der Waals surface area contributed by atoms with Crippen LogP contribution in [0, 0.1) is 0 Å². The van der Waals surface area contributed by atoms with Crippen molar-refractivity contribution in [3.05, 3.63) is 0 Å². The predicted octanol–water partition coefficient (Wildman–Crippen LogP) is 0.723. The molecular weight excluding hydrogens is 204 g/mol. The van der Waals surface area contributed by atoms with Crippen molar-refractivity contribution in [2.24, 2.45) is 0 Å². The summed E-state index contributed by atoms with van der Waals surface area (Å²) in [6.07, 6.45) is 2.78. The first-order chi connectivity index (χ1) is 7.83. The zero-order valence-electron chi connectivity index (χ0n) is 10.7. The Bertz CT molecular complexity index is 161. The van der Waals surface area contributed by atoms with Gasteiger partial charge in [0.15, 0.2) is 0 Å². The van der Waals surface area contributed by atoms with Crippen LogP contribution in [0.15, 0.2) is 0 Å². The number of nitrogens with one attached hydrogen (secondary N) is 1. The molecule has 0 amide bonds. The zero-order chi connectivity index (χ0) is 11.6. The number of piperidine rings is 1. The summed E-state index contributed by atoms with van der Waals surface area (Å²) >= 11 is 0. The van der Waals surface area contributed by atoms with E-state index in [0.717, 1.165) is 58.8 Å². The molecule has 4 nitrogen and oxygen atoms in total. The Morgan fingerprint density at radius 3 is 2.56 bits per heavy atom. The maximum Gasteiger partial charge on any atom is 0.0600 e. The number of hydrogen-bond acceptors (Lipinski definition) is 4. The fraction of sp³-hybridized carbons (Fsp3) is 1.00. The SMILES string of the molecule is CCOCCN(C)CCOC1CCNCC1. The Morgan fingerprint density at radius 1 is 1.19 bits per heavy atom. The average Bonchev–Trinajstić information content (AvgIpc) is 2.31. The van der Waals surface area contributed by atoms with E-state index in [0.29, 0.717) is 6.10 Å². The molecule has 0 aromatic carbocycles. The highest BCUT2D eigenvalue weighted by atomic mass is 16.5. The summed E-state index contributed by atoms with van der Waals surface area (Å²) in [7, 11) is 2.12. The van der Waals surface area contributed by atoms with Crippen molar-refractivity contribution in [1.82, 2.24) is 10.2 Å². The number of nitrogens with zero attached hydrogens (tertiary/aromatic N) is 1. The smallest absolute Gasteiger partial charge is 0.0600 e. The first-order valence-corrected chi connectivity index (χ1v) is 6.41. The molecule has 16 heavy (non-hydrogen) atoms. The van der Waals surface area contributed by atoms with Crippen molar-refractivity contribution in [2.75, 3.05) is 53.0 Å². The minimum Gasteiger partial charge on any atom is -0.380 e. The van der Waals surface area contributed by atoms with E-state index in [4.69, 9.17) is 9.47 Å². The van der Waals surface area contributed by atoms with Crippen LogP contribution >= 0.6 is 0 Å². The van der Waals surface area contributed by atoms with Crippen LogP contribution in [-0.4, -0.2) is 64.1 Å². The number of rotatable bonds is 8. The summed E-state index contributed by atoms with van der Waals surface area (Å²) in [6.45, 7) is 8.68. The van der Waals surface area contributed by atoms with Gasteiger partial charge in [-0.3, -0.25) is 0 Å². The molecule has 0 atom stereocenters. The Kier molecular flexibility index (Phi) is 7.76. The van der Waals surface area contributed by atoms with Crippen LogP contribution in [0.5, 0.6) is 0 Å². The number of hydrogen-bond donors (Lipinski definition) is 1. The van der Waals surface area contributed by atoms with Crippen LogP contribution < -0.4 is 5.32 Å². The summed E-state index contributed by atoms with van der Waals surface area (Å²) in [5, 5.41) is 3.34. The van der Waals surface area contributed by atoms with Gasteiger partial charge in [0.2, 0.25) is 0 Å². The molecule has 1 aliphatic rings. The van der Waals surface area contributed by atoms with Crippen LogP contribution in [0.1, 0.15) is 19.8 Å². The third-order valence-corrected chi connectivity index (χ3v) is 2.93. The Hall–Kier alpha value is -0.160. The van der Waals surface area contributed by atoms with Crippen molar-refractivity contribution in [1.29, 1.82) is 0 Å². The first kappa shape index (κ1) is 13.9. The van der Waals surface area contributed by atoms with Crippen molar-refractivity contribution in [3.8, 4) is 0 Å². The van der Waals surface area contributed by atoms with E-state index in [1.807, 2.05) is 6.92 Å². The second kappa shape index (κ2) is 8.93. The van der Waals surface area contributed by atoms with Gasteiger partial charge in [-0.15, -0.1) is 0 Å². The van der Waals surface area contributed by atoms with Gasteiger partial charge >= 0.3 is 0 Å². The van der Waals surface area contributed by atoms with E-state index >= 15 is 0 Å². The number of likely N-dealkylation sites (N-methyl/N-ethyl adjacent to an activating group) is 1. The first-order valence-electron chi connectivity index (χ1n) is 6.41. The van der Waals surface area contributed by atoms with E-state index in [-0.39, 0.29) is 0 Å². The second-order valence-electron chi connectivity index (χ2n) is 4.32. The molecule has 1 fully saturated rings. The lowest BCUT2D eigenvalue weighted by Gasteiger charge is -2.24. The Morgan fingerprint density at radius 2 is 1.88 bits per heavy atom. The highest BCUT2D eigenvalue weighted by Crippen LogP contribution is 2.06. The Labute approximate surface area is 99.3 Å². The lowest BCUT2D eigenvalue weighted by atomic mass is 10.1. The predicted molar refractivity (Wildman–Crippen MR) is 65.8 cm³/mol. The minimum atomic E-state index is 0.474. The van der Waals surface area contributed by atoms with Gasteiger partial charge < -0.3 is 19.7 Å². The molecule has 1 rings (SSSR count). The van der Waals surface area contributed by atoms with Gasteiger partial charge in [-0.1, -0.05) is 0 Å². The average molecular weight is 230 g/mol. The summed E-state index contributed by atoms with van der Waals surface area (Å²) < 4.78 is 11.1. The van der Waals surface area contributed by atoms with E-state index in [1.165, 1.54) is 0 Å². The summed E-state index contributed by atoms with van der Waals surface area (Å²) in [5.41, 5.74) is 0. The van der Waals surface area contributed by atoms with Gasteiger partial charge in [0.1, 0.15) is 0 Å². The molecule has 0 aliphatic carbocycles. The standard InChI is InChI=1S/C12H26N2O2/c1-3-15-10-8-14(2)9-11-16-12-4-6-13-7-5-12/h12-13H,3-11H2,1-2H3. The lowest BCUT2D eigenvalue weighted by Crippen LogP contribution is -2.34. The maximum absolute atomic E-state index is 5.84. The van der Waals surface area contributed by atoms with Crippen LogP contribution in [0.3, 0.4) is 0 Å². The van der Waals surface area contributed by atoms with Crippen molar-refractivity contribution in [3.63, 3.8) is 0 Å². The fourth-order valence-corrected chi connectivity index (χ4v) is 1.81. The zero-order valence-corrected chi connectivity index (χ0v) is 10.7. The van der Waals surface area contributed by atoms with Crippen molar-refractivity contribution >= 4 is 0 Å². The molecule has 0 radical (unpaired) electrons. The normalized spacial score (nSPS) is 18.2. The molecule has 0 saturated carbocycles. The van der Waals surface area contributed by atoms with Gasteiger partial charge in [-0.05, 0) is 39.9 Å². The largest absolute Gasteiger partial charge is 0.380 e. The third kappa shape index (κ3) is 6.43. The highest BCUT2D eigenvalue weighted by Gasteiger charge is 2.12. The molecule has 0 unspecified atom stereocenters. The van der Waals surface area contributed by atoms with E-state index in [1.54, 1.807) is 0 Å². The molecular formula is C12H26N2O2. The van der Waals surface area contributed by atoms with E-state index < -0.39 is 0 Å². The Balaban J connectivity index is 1.92. The van der Waals surface area contributed by atoms with E-state index in [9.17, 15) is 0 Å². The molecule has 1 N–H and O–H groups in total. The second-order valence-corrected chi connectivity index (χ2v) is 4.32. The van der Waals surface area contributed by atoms with E-state index in [2.05, 4.69) is 17.3 Å². The summed E-state index contributed by atoms with van der Waals surface area (Å²) in [5.74, 6) is 0. The van der Waals surface area contributed by atoms with Gasteiger partial charge in [0.05, 0.1) is 19.3 Å². The molecule has 0 spiro atoms. The molecule has 0 aromatic rings. The van der Waals surface area contributed by atoms with Crippen molar-refractivity contribution in [2.45, 2.75) is 25.9 Å². The molecule has 0 aromatic heterocycles. The summed E-state index contributed by atoms with van der Waals surface area (Å²) in [4.78, 5) is 2.26. The van der Waals surface area contributed by atoms with Gasteiger partial charge in [-0.2, -0.15) is 0 Å². The van der Waals surface area contributed by atoms with Gasteiger partial charge in [-0.25, -0.2) is 0 Å². The molecule has 4 heteroatoms. The molecule has 1 aliphatic heterocycles. The van der Waals surface area contributed by atoms with Gasteiger partial charge in [0, 0.05) is 19.7 Å².